The number of aryl methyl sites for hydroxylation is 2. The lowest BCUT2D eigenvalue weighted by atomic mass is 10.1. The molecule has 1 unspecified atom stereocenters. The van der Waals surface area contributed by atoms with Gasteiger partial charge in [-0.25, -0.2) is 0 Å². The van der Waals surface area contributed by atoms with Crippen molar-refractivity contribution in [1.29, 1.82) is 0 Å². The van der Waals surface area contributed by atoms with E-state index in [0.717, 1.165) is 26.2 Å². The van der Waals surface area contributed by atoms with Crippen molar-refractivity contribution in [1.82, 2.24) is 9.88 Å². The van der Waals surface area contributed by atoms with E-state index in [1.54, 1.807) is 0 Å². The fourth-order valence-electron chi connectivity index (χ4n) is 2.94. The first-order chi connectivity index (χ1) is 8.77. The number of ether oxygens (including phenoxy) is 1. The van der Waals surface area contributed by atoms with Crippen LogP contribution in [0.1, 0.15) is 23.7 Å². The number of hydrogen-bond donors (Lipinski definition) is 1. The van der Waals surface area contributed by atoms with Crippen LogP contribution in [0.4, 0.5) is 0 Å². The van der Waals surface area contributed by atoms with E-state index in [9.17, 15) is 0 Å². The molecule has 2 heterocycles. The maximum absolute atomic E-state index is 5.51. The molecule has 1 aliphatic rings. The quantitative estimate of drug-likeness (QED) is 0.834. The number of aromatic nitrogens is 1. The average molecular weight is 244 g/mol. The predicted octanol–water partition coefficient (Wildman–Crippen LogP) is 2.54. The third kappa shape index (κ3) is 1.93. The van der Waals surface area contributed by atoms with Gasteiger partial charge in [-0.2, -0.15) is 0 Å². The summed E-state index contributed by atoms with van der Waals surface area (Å²) in [4.78, 5) is 0. The second-order valence-corrected chi connectivity index (χ2v) is 5.05. The van der Waals surface area contributed by atoms with Gasteiger partial charge in [-0.05, 0) is 25.0 Å². The Labute approximate surface area is 108 Å². The van der Waals surface area contributed by atoms with Crippen molar-refractivity contribution in [2.24, 2.45) is 7.05 Å². The van der Waals surface area contributed by atoms with Crippen LogP contribution in [0.2, 0.25) is 0 Å². The van der Waals surface area contributed by atoms with E-state index in [0.29, 0.717) is 6.04 Å². The topological polar surface area (TPSA) is 26.2 Å². The summed E-state index contributed by atoms with van der Waals surface area (Å²) in [6, 6.07) is 9.22. The van der Waals surface area contributed by atoms with Gasteiger partial charge in [-0.3, -0.25) is 0 Å². The van der Waals surface area contributed by atoms with E-state index in [1.807, 2.05) is 0 Å². The highest BCUT2D eigenvalue weighted by Gasteiger charge is 2.18. The fraction of sp³-hybridized carbons (Fsp3) is 0.467. The molecule has 3 rings (SSSR count). The number of benzene rings is 1. The summed E-state index contributed by atoms with van der Waals surface area (Å²) in [5.41, 5.74) is 4.05. The molecule has 1 aliphatic heterocycles. The van der Waals surface area contributed by atoms with Crippen molar-refractivity contribution < 1.29 is 4.74 Å². The SMILES string of the molecule is Cc1cccc2cc(C3CCOCCN3)n(C)c12. The highest BCUT2D eigenvalue weighted by molar-refractivity contribution is 5.84. The van der Waals surface area contributed by atoms with Crippen molar-refractivity contribution in [3.63, 3.8) is 0 Å². The van der Waals surface area contributed by atoms with E-state index < -0.39 is 0 Å². The number of rotatable bonds is 1. The van der Waals surface area contributed by atoms with Crippen LogP contribution in [-0.4, -0.2) is 24.3 Å². The Morgan fingerprint density at radius 3 is 3.06 bits per heavy atom. The molecule has 0 aliphatic carbocycles. The summed E-state index contributed by atoms with van der Waals surface area (Å²) in [6.07, 6.45) is 1.04. The van der Waals surface area contributed by atoms with Crippen molar-refractivity contribution in [3.05, 3.63) is 35.5 Å². The zero-order valence-electron chi connectivity index (χ0n) is 11.1. The van der Waals surface area contributed by atoms with Gasteiger partial charge in [0, 0.05) is 37.3 Å². The molecule has 0 amide bonds. The number of nitrogens with one attached hydrogen (secondary N) is 1. The molecule has 0 radical (unpaired) electrons. The van der Waals surface area contributed by atoms with Gasteiger partial charge >= 0.3 is 0 Å². The van der Waals surface area contributed by atoms with Crippen LogP contribution in [0, 0.1) is 6.92 Å². The Kier molecular flexibility index (Phi) is 3.10. The van der Waals surface area contributed by atoms with Gasteiger partial charge in [0.2, 0.25) is 0 Å². The van der Waals surface area contributed by atoms with Gasteiger partial charge in [0.15, 0.2) is 0 Å². The number of para-hydroxylation sites is 1. The third-order valence-corrected chi connectivity index (χ3v) is 3.84. The second kappa shape index (κ2) is 4.75. The molecular weight excluding hydrogens is 224 g/mol. The molecule has 1 aromatic carbocycles. The van der Waals surface area contributed by atoms with Gasteiger partial charge in [0.05, 0.1) is 12.1 Å². The van der Waals surface area contributed by atoms with Crippen LogP contribution in [0.3, 0.4) is 0 Å². The third-order valence-electron chi connectivity index (χ3n) is 3.84. The van der Waals surface area contributed by atoms with Crippen LogP contribution < -0.4 is 5.32 Å². The van der Waals surface area contributed by atoms with Gasteiger partial charge in [0.25, 0.3) is 0 Å². The molecule has 96 valence electrons. The maximum atomic E-state index is 5.51. The Bertz CT molecular complexity index is 551. The summed E-state index contributed by atoms with van der Waals surface area (Å²) < 4.78 is 7.84. The summed E-state index contributed by atoms with van der Waals surface area (Å²) in [6.45, 7) is 4.78. The molecule has 1 saturated heterocycles. The molecule has 18 heavy (non-hydrogen) atoms. The zero-order chi connectivity index (χ0) is 12.5. The van der Waals surface area contributed by atoms with Crippen molar-refractivity contribution in [2.45, 2.75) is 19.4 Å². The Morgan fingerprint density at radius 1 is 1.33 bits per heavy atom. The van der Waals surface area contributed by atoms with Crippen molar-refractivity contribution >= 4 is 10.9 Å². The van der Waals surface area contributed by atoms with E-state index in [4.69, 9.17) is 4.74 Å². The van der Waals surface area contributed by atoms with Crippen LogP contribution in [-0.2, 0) is 11.8 Å². The Morgan fingerprint density at radius 2 is 2.22 bits per heavy atom. The molecule has 0 bridgehead atoms. The van der Waals surface area contributed by atoms with Crippen molar-refractivity contribution in [3.8, 4) is 0 Å². The molecular formula is C15H20N2O. The van der Waals surface area contributed by atoms with Crippen LogP contribution in [0.15, 0.2) is 24.3 Å². The molecule has 1 fully saturated rings. The molecule has 1 aromatic heterocycles. The highest BCUT2D eigenvalue weighted by Crippen LogP contribution is 2.27. The smallest absolute Gasteiger partial charge is 0.0591 e. The minimum Gasteiger partial charge on any atom is -0.380 e. The minimum atomic E-state index is 0.407. The average Bonchev–Trinajstić information content (AvgIpc) is 2.56. The van der Waals surface area contributed by atoms with Crippen LogP contribution in [0.25, 0.3) is 10.9 Å². The van der Waals surface area contributed by atoms with E-state index in [1.165, 1.54) is 22.2 Å². The van der Waals surface area contributed by atoms with Crippen LogP contribution >= 0.6 is 0 Å². The molecule has 3 nitrogen and oxygen atoms in total. The van der Waals surface area contributed by atoms with E-state index in [-0.39, 0.29) is 0 Å². The number of nitrogens with zero attached hydrogens (tertiary/aromatic N) is 1. The highest BCUT2D eigenvalue weighted by atomic mass is 16.5. The standard InChI is InChI=1S/C15H20N2O/c1-11-4-3-5-12-10-14(17(2)15(11)12)13-6-8-18-9-7-16-13/h3-5,10,13,16H,6-9H2,1-2H3. The largest absolute Gasteiger partial charge is 0.380 e. The lowest BCUT2D eigenvalue weighted by Gasteiger charge is -2.16. The first kappa shape index (κ1) is 11.8. The first-order valence-corrected chi connectivity index (χ1v) is 6.63. The summed E-state index contributed by atoms with van der Waals surface area (Å²) in [5.74, 6) is 0. The summed E-state index contributed by atoms with van der Waals surface area (Å²) in [7, 11) is 2.16. The van der Waals surface area contributed by atoms with Crippen LogP contribution in [0.5, 0.6) is 0 Å². The summed E-state index contributed by atoms with van der Waals surface area (Å²) >= 11 is 0. The molecule has 1 N–H and O–H groups in total. The molecule has 2 aromatic rings. The fourth-order valence-corrected chi connectivity index (χ4v) is 2.94. The first-order valence-electron chi connectivity index (χ1n) is 6.63. The lowest BCUT2D eigenvalue weighted by molar-refractivity contribution is 0.149. The molecule has 3 heteroatoms. The lowest BCUT2D eigenvalue weighted by Crippen LogP contribution is -2.23. The molecule has 0 spiro atoms. The minimum absolute atomic E-state index is 0.407. The number of hydrogen-bond acceptors (Lipinski definition) is 2. The Hall–Kier alpha value is -1.32. The van der Waals surface area contributed by atoms with Crippen molar-refractivity contribution in [2.75, 3.05) is 19.8 Å². The van der Waals surface area contributed by atoms with Gasteiger partial charge < -0.3 is 14.6 Å². The van der Waals surface area contributed by atoms with E-state index in [2.05, 4.69) is 48.1 Å². The Balaban J connectivity index is 2.06. The predicted molar refractivity (Wildman–Crippen MR) is 73.8 cm³/mol. The molecule has 0 saturated carbocycles. The monoisotopic (exact) mass is 244 g/mol. The normalized spacial score (nSPS) is 21.1. The van der Waals surface area contributed by atoms with E-state index >= 15 is 0 Å². The van der Waals surface area contributed by atoms with Gasteiger partial charge in [-0.1, -0.05) is 18.2 Å². The van der Waals surface area contributed by atoms with Gasteiger partial charge in [0.1, 0.15) is 0 Å². The second-order valence-electron chi connectivity index (χ2n) is 5.05. The molecule has 1 atom stereocenters. The number of fused-ring (bicyclic) bond motifs is 1. The summed E-state index contributed by atoms with van der Waals surface area (Å²) in [5, 5.41) is 4.91. The maximum Gasteiger partial charge on any atom is 0.0591 e. The van der Waals surface area contributed by atoms with Gasteiger partial charge in [-0.15, -0.1) is 0 Å². The zero-order valence-corrected chi connectivity index (χ0v) is 11.1.